The van der Waals surface area contributed by atoms with E-state index in [-0.39, 0.29) is 0 Å². The van der Waals surface area contributed by atoms with Crippen molar-refractivity contribution in [2.75, 3.05) is 24.5 Å². The molecule has 0 radical (unpaired) electrons. The first-order chi connectivity index (χ1) is 9.63. The zero-order valence-corrected chi connectivity index (χ0v) is 12.6. The molecular weight excluding hydrogens is 276 g/mol. The predicted octanol–water partition coefficient (Wildman–Crippen LogP) is 1.31. The number of nitrogens with one attached hydrogen (secondary N) is 1. The highest BCUT2D eigenvalue weighted by molar-refractivity contribution is 7.09. The average Bonchev–Trinajstić information content (AvgIpc) is 2.84. The van der Waals surface area contributed by atoms with Crippen molar-refractivity contribution in [3.63, 3.8) is 0 Å². The van der Waals surface area contributed by atoms with Gasteiger partial charge >= 0.3 is 0 Å². The summed E-state index contributed by atoms with van der Waals surface area (Å²) >= 11 is 1.64. The van der Waals surface area contributed by atoms with Gasteiger partial charge in [0.05, 0.1) is 17.7 Å². The number of nitrogens with two attached hydrogens (primary N) is 1. The van der Waals surface area contributed by atoms with Gasteiger partial charge in [-0.1, -0.05) is 0 Å². The largest absolute Gasteiger partial charge is 0.377 e. The molecule has 0 fully saturated rings. The van der Waals surface area contributed by atoms with E-state index in [9.17, 15) is 0 Å². The van der Waals surface area contributed by atoms with Crippen molar-refractivity contribution in [1.29, 1.82) is 0 Å². The zero-order valence-electron chi connectivity index (χ0n) is 11.8. The summed E-state index contributed by atoms with van der Waals surface area (Å²) in [5.74, 6) is 7.37. The van der Waals surface area contributed by atoms with Crippen molar-refractivity contribution in [2.24, 2.45) is 5.84 Å². The Morgan fingerprint density at radius 2 is 2.25 bits per heavy atom. The maximum Gasteiger partial charge on any atom is 0.158 e. The van der Waals surface area contributed by atoms with Gasteiger partial charge in [0.15, 0.2) is 5.82 Å². The van der Waals surface area contributed by atoms with Gasteiger partial charge < -0.3 is 15.1 Å². The number of nitrogen functional groups attached to an aromatic ring is 1. The van der Waals surface area contributed by atoms with Gasteiger partial charge in [-0.3, -0.25) is 0 Å². The quantitative estimate of drug-likeness (QED) is 0.613. The SMILES string of the molecule is COCc1nc(NN)cc(N(C)Cc2scnc2C)n1. The van der Waals surface area contributed by atoms with Gasteiger partial charge in [-0.05, 0) is 6.92 Å². The number of ether oxygens (including phenoxy) is 1. The van der Waals surface area contributed by atoms with E-state index in [0.717, 1.165) is 18.1 Å². The third-order valence-corrected chi connectivity index (χ3v) is 3.72. The van der Waals surface area contributed by atoms with Crippen molar-refractivity contribution < 1.29 is 4.74 Å². The molecule has 2 aromatic rings. The van der Waals surface area contributed by atoms with Gasteiger partial charge in [0, 0.05) is 25.1 Å². The van der Waals surface area contributed by atoms with Crippen LogP contribution in [0.3, 0.4) is 0 Å². The van der Waals surface area contributed by atoms with Crippen LogP contribution in [0.5, 0.6) is 0 Å². The van der Waals surface area contributed by atoms with Gasteiger partial charge in [0.25, 0.3) is 0 Å². The summed E-state index contributed by atoms with van der Waals surface area (Å²) in [7, 11) is 3.58. The minimum atomic E-state index is 0.343. The molecule has 0 spiro atoms. The highest BCUT2D eigenvalue weighted by atomic mass is 32.1. The fraction of sp³-hybridized carbons (Fsp3) is 0.417. The van der Waals surface area contributed by atoms with E-state index in [1.807, 2.05) is 24.4 Å². The predicted molar refractivity (Wildman–Crippen MR) is 79.5 cm³/mol. The molecule has 2 heterocycles. The van der Waals surface area contributed by atoms with E-state index in [1.165, 1.54) is 4.88 Å². The number of aromatic nitrogens is 3. The minimum absolute atomic E-state index is 0.343. The number of aryl methyl sites for hydroxylation is 1. The molecule has 0 aliphatic heterocycles. The van der Waals surface area contributed by atoms with Crippen LogP contribution in [0.15, 0.2) is 11.6 Å². The molecule has 20 heavy (non-hydrogen) atoms. The Balaban J connectivity index is 2.22. The summed E-state index contributed by atoms with van der Waals surface area (Å²) < 4.78 is 5.07. The fourth-order valence-electron chi connectivity index (χ4n) is 1.72. The molecule has 2 rings (SSSR count). The first kappa shape index (κ1) is 14.6. The van der Waals surface area contributed by atoms with Crippen LogP contribution >= 0.6 is 11.3 Å². The van der Waals surface area contributed by atoms with Crippen LogP contribution in [0.4, 0.5) is 11.6 Å². The molecule has 7 nitrogen and oxygen atoms in total. The summed E-state index contributed by atoms with van der Waals surface area (Å²) in [6, 6.07) is 1.80. The molecule has 0 aliphatic carbocycles. The molecule has 0 saturated heterocycles. The second kappa shape index (κ2) is 6.60. The molecule has 0 unspecified atom stereocenters. The standard InChI is InChI=1S/C12H18N6OS/c1-8-9(20-7-14-8)5-18(2)12-4-10(17-13)15-11(16-12)6-19-3/h4,7H,5-6,13H2,1-3H3,(H,15,16,17). The summed E-state index contributed by atoms with van der Waals surface area (Å²) in [6.45, 7) is 3.09. The van der Waals surface area contributed by atoms with Crippen LogP contribution in [0.1, 0.15) is 16.4 Å². The van der Waals surface area contributed by atoms with Crippen molar-refractivity contribution >= 4 is 23.0 Å². The van der Waals surface area contributed by atoms with E-state index >= 15 is 0 Å². The van der Waals surface area contributed by atoms with Crippen LogP contribution < -0.4 is 16.2 Å². The summed E-state index contributed by atoms with van der Waals surface area (Å²) in [6.07, 6.45) is 0. The van der Waals surface area contributed by atoms with Crippen LogP contribution in [0, 0.1) is 6.92 Å². The smallest absolute Gasteiger partial charge is 0.158 e. The first-order valence-corrected chi connectivity index (χ1v) is 6.95. The number of rotatable bonds is 6. The maximum atomic E-state index is 5.44. The molecular formula is C12H18N6OS. The van der Waals surface area contributed by atoms with Gasteiger partial charge in [-0.15, -0.1) is 11.3 Å². The number of anilines is 2. The van der Waals surface area contributed by atoms with Gasteiger partial charge in [0.1, 0.15) is 18.2 Å². The Morgan fingerprint density at radius 3 is 2.85 bits per heavy atom. The van der Waals surface area contributed by atoms with Crippen LogP contribution in [-0.2, 0) is 17.9 Å². The zero-order chi connectivity index (χ0) is 14.5. The van der Waals surface area contributed by atoms with Gasteiger partial charge in [-0.2, -0.15) is 0 Å². The maximum absolute atomic E-state index is 5.44. The van der Waals surface area contributed by atoms with Crippen LogP contribution in [0.25, 0.3) is 0 Å². The normalized spacial score (nSPS) is 10.6. The van der Waals surface area contributed by atoms with Crippen LogP contribution in [0.2, 0.25) is 0 Å². The lowest BCUT2D eigenvalue weighted by Gasteiger charge is -2.19. The monoisotopic (exact) mass is 294 g/mol. The lowest BCUT2D eigenvalue weighted by Crippen LogP contribution is -2.20. The molecule has 8 heteroatoms. The molecule has 0 aliphatic rings. The third-order valence-electron chi connectivity index (χ3n) is 2.80. The Bertz CT molecular complexity index is 573. The lowest BCUT2D eigenvalue weighted by molar-refractivity contribution is 0.178. The van der Waals surface area contributed by atoms with E-state index < -0.39 is 0 Å². The van der Waals surface area contributed by atoms with Crippen molar-refractivity contribution in [1.82, 2.24) is 15.0 Å². The third kappa shape index (κ3) is 3.41. The van der Waals surface area contributed by atoms with E-state index in [2.05, 4.69) is 20.4 Å². The summed E-state index contributed by atoms with van der Waals surface area (Å²) in [5.41, 5.74) is 5.44. The topological polar surface area (TPSA) is 89.2 Å². The molecule has 3 N–H and O–H groups in total. The van der Waals surface area contributed by atoms with Crippen molar-refractivity contribution in [2.45, 2.75) is 20.1 Å². The highest BCUT2D eigenvalue weighted by Crippen LogP contribution is 2.20. The Morgan fingerprint density at radius 1 is 1.45 bits per heavy atom. The number of hydrazine groups is 1. The number of thiazole rings is 1. The second-order valence-electron chi connectivity index (χ2n) is 4.32. The fourth-order valence-corrected chi connectivity index (χ4v) is 2.55. The van der Waals surface area contributed by atoms with Gasteiger partial charge in [0.2, 0.25) is 0 Å². The van der Waals surface area contributed by atoms with Crippen molar-refractivity contribution in [3.05, 3.63) is 28.0 Å². The van der Waals surface area contributed by atoms with Crippen molar-refractivity contribution in [3.8, 4) is 0 Å². The van der Waals surface area contributed by atoms with E-state index in [4.69, 9.17) is 10.6 Å². The Labute approximate surface area is 121 Å². The first-order valence-electron chi connectivity index (χ1n) is 6.07. The highest BCUT2D eigenvalue weighted by Gasteiger charge is 2.11. The summed E-state index contributed by atoms with van der Waals surface area (Å²) in [4.78, 5) is 16.2. The summed E-state index contributed by atoms with van der Waals surface area (Å²) in [5, 5.41) is 0. The number of hydrogen-bond acceptors (Lipinski definition) is 8. The van der Waals surface area contributed by atoms with E-state index in [0.29, 0.717) is 18.2 Å². The number of methoxy groups -OCH3 is 1. The Kier molecular flexibility index (Phi) is 4.83. The minimum Gasteiger partial charge on any atom is -0.377 e. The van der Waals surface area contributed by atoms with Gasteiger partial charge in [-0.25, -0.2) is 20.8 Å². The lowest BCUT2D eigenvalue weighted by atomic mass is 10.3. The van der Waals surface area contributed by atoms with Crippen LogP contribution in [-0.4, -0.2) is 29.1 Å². The number of hydrogen-bond donors (Lipinski definition) is 2. The second-order valence-corrected chi connectivity index (χ2v) is 5.26. The molecule has 0 amide bonds. The molecule has 0 atom stereocenters. The van der Waals surface area contributed by atoms with E-state index in [1.54, 1.807) is 24.5 Å². The molecule has 0 saturated carbocycles. The average molecular weight is 294 g/mol. The molecule has 0 bridgehead atoms. The number of nitrogens with zero attached hydrogens (tertiary/aromatic N) is 4. The molecule has 0 aromatic carbocycles. The Hall–Kier alpha value is -1.77. The molecule has 108 valence electrons. The molecule has 2 aromatic heterocycles.